The number of nitrogens with one attached hydrogen (secondary N) is 1. The third-order valence-corrected chi connectivity index (χ3v) is 3.59. The van der Waals surface area contributed by atoms with E-state index in [1.54, 1.807) is 24.3 Å². The molecule has 1 heterocycles. The van der Waals surface area contributed by atoms with Crippen LogP contribution in [-0.2, 0) is 6.54 Å². The second kappa shape index (κ2) is 5.54. The summed E-state index contributed by atoms with van der Waals surface area (Å²) in [5.41, 5.74) is 1.20. The van der Waals surface area contributed by atoms with E-state index in [2.05, 4.69) is 26.4 Å². The predicted molar refractivity (Wildman–Crippen MR) is 71.6 cm³/mol. The van der Waals surface area contributed by atoms with Gasteiger partial charge in [0.2, 0.25) is 0 Å². The van der Waals surface area contributed by atoms with Gasteiger partial charge in [0.1, 0.15) is 0 Å². The Morgan fingerprint density at radius 2 is 2.33 bits per heavy atom. The van der Waals surface area contributed by atoms with E-state index >= 15 is 0 Å². The van der Waals surface area contributed by atoms with Crippen molar-refractivity contribution < 1.29 is 9.32 Å². The molecule has 18 heavy (non-hydrogen) atoms. The molecule has 1 aromatic carbocycles. The van der Waals surface area contributed by atoms with E-state index in [0.717, 1.165) is 5.69 Å². The smallest absolute Gasteiger partial charge is 0.253 e. The maximum atomic E-state index is 11.9. The summed E-state index contributed by atoms with van der Waals surface area (Å²) in [5.74, 6) is 0.349. The fourth-order valence-electron chi connectivity index (χ4n) is 1.44. The molecule has 0 spiro atoms. The van der Waals surface area contributed by atoms with Gasteiger partial charge in [-0.1, -0.05) is 22.8 Å². The van der Waals surface area contributed by atoms with Crippen LogP contribution in [0.25, 0.3) is 0 Å². The molecule has 0 atom stereocenters. The number of rotatable bonds is 3. The molecular formula is C12H10BrClN2O2. The van der Waals surface area contributed by atoms with Crippen LogP contribution in [0, 0.1) is 6.92 Å². The largest absolute Gasteiger partial charge is 0.359 e. The highest BCUT2D eigenvalue weighted by Crippen LogP contribution is 2.25. The first-order valence-electron chi connectivity index (χ1n) is 5.22. The lowest BCUT2D eigenvalue weighted by molar-refractivity contribution is 0.0947. The molecule has 6 heteroatoms. The average Bonchev–Trinajstić information content (AvgIpc) is 2.76. The molecule has 1 N–H and O–H groups in total. The van der Waals surface area contributed by atoms with Crippen molar-refractivity contribution in [3.63, 3.8) is 0 Å². The normalized spacial score (nSPS) is 10.4. The first-order valence-corrected chi connectivity index (χ1v) is 6.39. The Bertz CT molecular complexity index is 583. The molecule has 2 rings (SSSR count). The van der Waals surface area contributed by atoms with Gasteiger partial charge in [-0.2, -0.15) is 0 Å². The lowest BCUT2D eigenvalue weighted by Gasteiger charge is -2.05. The van der Waals surface area contributed by atoms with Crippen LogP contribution in [0.1, 0.15) is 21.8 Å². The SMILES string of the molecule is Cc1cc(CNC(=O)c2cccc(Br)c2Cl)on1. The third kappa shape index (κ3) is 2.91. The molecule has 94 valence electrons. The molecule has 0 fully saturated rings. The molecule has 0 aliphatic carbocycles. The van der Waals surface area contributed by atoms with Crippen LogP contribution in [0.4, 0.5) is 0 Å². The number of hydrogen-bond acceptors (Lipinski definition) is 3. The van der Waals surface area contributed by atoms with Gasteiger partial charge in [-0.05, 0) is 35.0 Å². The Labute approximate surface area is 117 Å². The van der Waals surface area contributed by atoms with Gasteiger partial charge in [-0.15, -0.1) is 0 Å². The quantitative estimate of drug-likeness (QED) is 0.939. The molecule has 0 aliphatic heterocycles. The molecule has 0 saturated carbocycles. The summed E-state index contributed by atoms with van der Waals surface area (Å²) in [6.45, 7) is 2.10. The minimum Gasteiger partial charge on any atom is -0.359 e. The number of nitrogens with zero attached hydrogens (tertiary/aromatic N) is 1. The molecule has 0 radical (unpaired) electrons. The Kier molecular flexibility index (Phi) is 4.04. The molecule has 2 aromatic rings. The second-order valence-corrected chi connectivity index (χ2v) is 4.95. The highest BCUT2D eigenvalue weighted by atomic mass is 79.9. The number of benzene rings is 1. The summed E-state index contributed by atoms with van der Waals surface area (Å²) in [6.07, 6.45) is 0. The highest BCUT2D eigenvalue weighted by molar-refractivity contribution is 9.10. The van der Waals surface area contributed by atoms with Crippen molar-refractivity contribution >= 4 is 33.4 Å². The maximum absolute atomic E-state index is 11.9. The summed E-state index contributed by atoms with van der Waals surface area (Å²) in [6, 6.07) is 6.96. The molecule has 1 aromatic heterocycles. The van der Waals surface area contributed by atoms with E-state index in [1.807, 2.05) is 6.92 Å². The van der Waals surface area contributed by atoms with E-state index in [1.165, 1.54) is 0 Å². The van der Waals surface area contributed by atoms with Crippen LogP contribution in [0.15, 0.2) is 33.3 Å². The summed E-state index contributed by atoms with van der Waals surface area (Å²) in [7, 11) is 0. The van der Waals surface area contributed by atoms with Gasteiger partial charge in [0.05, 0.1) is 22.8 Å². The van der Waals surface area contributed by atoms with Crippen LogP contribution >= 0.6 is 27.5 Å². The minimum absolute atomic E-state index is 0.254. The van der Waals surface area contributed by atoms with Crippen molar-refractivity contribution in [1.82, 2.24) is 10.5 Å². The summed E-state index contributed by atoms with van der Waals surface area (Å²) >= 11 is 9.30. The van der Waals surface area contributed by atoms with Gasteiger partial charge in [-0.25, -0.2) is 0 Å². The van der Waals surface area contributed by atoms with E-state index in [0.29, 0.717) is 20.8 Å². The fraction of sp³-hybridized carbons (Fsp3) is 0.167. The van der Waals surface area contributed by atoms with Gasteiger partial charge < -0.3 is 9.84 Å². The summed E-state index contributed by atoms with van der Waals surface area (Å²) < 4.78 is 5.68. The van der Waals surface area contributed by atoms with E-state index in [4.69, 9.17) is 16.1 Å². The lowest BCUT2D eigenvalue weighted by atomic mass is 10.2. The Morgan fingerprint density at radius 1 is 1.56 bits per heavy atom. The molecule has 0 saturated heterocycles. The van der Waals surface area contributed by atoms with E-state index < -0.39 is 0 Å². The third-order valence-electron chi connectivity index (χ3n) is 2.30. The molecule has 4 nitrogen and oxygen atoms in total. The van der Waals surface area contributed by atoms with Gasteiger partial charge in [0.15, 0.2) is 5.76 Å². The average molecular weight is 330 g/mol. The molecule has 0 aliphatic rings. The standard InChI is InChI=1S/C12H10BrClN2O2/c1-7-5-8(18-16-7)6-15-12(17)9-3-2-4-10(13)11(9)14/h2-5H,6H2,1H3,(H,15,17). The van der Waals surface area contributed by atoms with Gasteiger partial charge in [0, 0.05) is 10.5 Å². The topological polar surface area (TPSA) is 55.1 Å². The first-order chi connectivity index (χ1) is 8.58. The second-order valence-electron chi connectivity index (χ2n) is 3.72. The van der Waals surface area contributed by atoms with Crippen LogP contribution in [-0.4, -0.2) is 11.1 Å². The van der Waals surface area contributed by atoms with E-state index in [9.17, 15) is 4.79 Å². The van der Waals surface area contributed by atoms with Gasteiger partial charge >= 0.3 is 0 Å². The lowest BCUT2D eigenvalue weighted by Crippen LogP contribution is -2.22. The summed E-state index contributed by atoms with van der Waals surface area (Å²) in [4.78, 5) is 11.9. The zero-order valence-corrected chi connectivity index (χ0v) is 11.9. The number of aryl methyl sites for hydroxylation is 1. The van der Waals surface area contributed by atoms with Crippen LogP contribution in [0.2, 0.25) is 5.02 Å². The number of amides is 1. The fourth-order valence-corrected chi connectivity index (χ4v) is 2.02. The zero-order valence-electron chi connectivity index (χ0n) is 9.54. The molecule has 0 bridgehead atoms. The zero-order chi connectivity index (χ0) is 13.1. The van der Waals surface area contributed by atoms with Gasteiger partial charge in [0.25, 0.3) is 5.91 Å². The first kappa shape index (κ1) is 13.1. The van der Waals surface area contributed by atoms with Crippen molar-refractivity contribution in [3.8, 4) is 0 Å². The Hall–Kier alpha value is -1.33. The molecular weight excluding hydrogens is 320 g/mol. The summed E-state index contributed by atoms with van der Waals surface area (Å²) in [5, 5.41) is 6.85. The van der Waals surface area contributed by atoms with Crippen LogP contribution < -0.4 is 5.32 Å². The monoisotopic (exact) mass is 328 g/mol. The van der Waals surface area contributed by atoms with Crippen molar-refractivity contribution in [2.75, 3.05) is 0 Å². The Balaban J connectivity index is 2.06. The van der Waals surface area contributed by atoms with Gasteiger partial charge in [-0.3, -0.25) is 4.79 Å². The Morgan fingerprint density at radius 3 is 3.00 bits per heavy atom. The molecule has 1 amide bonds. The van der Waals surface area contributed by atoms with Crippen LogP contribution in [0.5, 0.6) is 0 Å². The maximum Gasteiger partial charge on any atom is 0.253 e. The van der Waals surface area contributed by atoms with Crippen LogP contribution in [0.3, 0.4) is 0 Å². The number of hydrogen-bond donors (Lipinski definition) is 1. The van der Waals surface area contributed by atoms with E-state index in [-0.39, 0.29) is 12.5 Å². The van der Waals surface area contributed by atoms with Crippen molar-refractivity contribution in [2.24, 2.45) is 0 Å². The van der Waals surface area contributed by atoms with Crippen molar-refractivity contribution in [1.29, 1.82) is 0 Å². The molecule has 0 unspecified atom stereocenters. The number of aromatic nitrogens is 1. The predicted octanol–water partition coefficient (Wildman–Crippen LogP) is 3.33. The number of carbonyl (C=O) groups is 1. The number of carbonyl (C=O) groups excluding carboxylic acids is 1. The number of halogens is 2. The highest BCUT2D eigenvalue weighted by Gasteiger charge is 2.12. The van der Waals surface area contributed by atoms with Crippen molar-refractivity contribution in [2.45, 2.75) is 13.5 Å². The minimum atomic E-state index is -0.254. The van der Waals surface area contributed by atoms with Crippen molar-refractivity contribution in [3.05, 3.63) is 50.8 Å².